The summed E-state index contributed by atoms with van der Waals surface area (Å²) in [6, 6.07) is 9.41. The lowest BCUT2D eigenvalue weighted by atomic mass is 10.2. The quantitative estimate of drug-likeness (QED) is 0.734. The average Bonchev–Trinajstić information content (AvgIpc) is 2.29. The van der Waals surface area contributed by atoms with Crippen LogP contribution < -0.4 is 4.74 Å². The monoisotopic (exact) mass is 204 g/mol. The Morgan fingerprint density at radius 3 is 2.80 bits per heavy atom. The molecular weight excluding hydrogens is 188 g/mol. The van der Waals surface area contributed by atoms with E-state index >= 15 is 0 Å². The summed E-state index contributed by atoms with van der Waals surface area (Å²) in [7, 11) is 2.04. The van der Waals surface area contributed by atoms with Gasteiger partial charge in [0.15, 0.2) is 0 Å². The highest BCUT2D eigenvalue weighted by Crippen LogP contribution is 2.16. The zero-order valence-electron chi connectivity index (χ0n) is 9.23. The van der Waals surface area contributed by atoms with Crippen molar-refractivity contribution in [2.75, 3.05) is 26.7 Å². The van der Waals surface area contributed by atoms with Crippen LogP contribution in [-0.2, 0) is 0 Å². The van der Waals surface area contributed by atoms with Gasteiger partial charge in [0.05, 0.1) is 5.56 Å². The highest BCUT2D eigenvalue weighted by Gasteiger charge is 2.01. The third kappa shape index (κ3) is 3.61. The smallest absolute Gasteiger partial charge is 0.137 e. The minimum atomic E-state index is 0.594. The van der Waals surface area contributed by atoms with E-state index in [1.165, 1.54) is 0 Å². The molecule has 0 fully saturated rings. The molecule has 0 amide bonds. The largest absolute Gasteiger partial charge is 0.491 e. The van der Waals surface area contributed by atoms with Gasteiger partial charge in [-0.1, -0.05) is 19.1 Å². The highest BCUT2D eigenvalue weighted by molar-refractivity contribution is 5.42. The predicted molar refractivity (Wildman–Crippen MR) is 59.8 cm³/mol. The van der Waals surface area contributed by atoms with Crippen molar-refractivity contribution in [1.29, 1.82) is 5.26 Å². The summed E-state index contributed by atoms with van der Waals surface area (Å²) >= 11 is 0. The summed E-state index contributed by atoms with van der Waals surface area (Å²) in [5.41, 5.74) is 0.594. The van der Waals surface area contributed by atoms with Crippen molar-refractivity contribution in [3.63, 3.8) is 0 Å². The molecule has 0 saturated heterocycles. The van der Waals surface area contributed by atoms with Gasteiger partial charge in [0, 0.05) is 6.54 Å². The van der Waals surface area contributed by atoms with E-state index in [4.69, 9.17) is 10.00 Å². The number of rotatable bonds is 5. The van der Waals surface area contributed by atoms with Crippen LogP contribution in [0.25, 0.3) is 0 Å². The number of benzene rings is 1. The van der Waals surface area contributed by atoms with Gasteiger partial charge in [-0.05, 0) is 25.7 Å². The molecule has 0 heterocycles. The molecule has 1 aromatic carbocycles. The van der Waals surface area contributed by atoms with Crippen molar-refractivity contribution in [1.82, 2.24) is 4.90 Å². The number of nitrogens with zero attached hydrogens (tertiary/aromatic N) is 2. The number of likely N-dealkylation sites (N-methyl/N-ethyl adjacent to an activating group) is 1. The van der Waals surface area contributed by atoms with Crippen molar-refractivity contribution in [2.24, 2.45) is 0 Å². The lowest BCUT2D eigenvalue weighted by Gasteiger charge is -2.14. The van der Waals surface area contributed by atoms with Gasteiger partial charge in [-0.2, -0.15) is 5.26 Å². The fraction of sp³-hybridized carbons (Fsp3) is 0.417. The predicted octanol–water partition coefficient (Wildman–Crippen LogP) is 1.89. The first kappa shape index (κ1) is 11.5. The maximum absolute atomic E-state index is 8.83. The zero-order valence-corrected chi connectivity index (χ0v) is 9.23. The van der Waals surface area contributed by atoms with Crippen molar-refractivity contribution in [3.05, 3.63) is 29.8 Å². The van der Waals surface area contributed by atoms with Crippen LogP contribution in [0.5, 0.6) is 5.75 Å². The summed E-state index contributed by atoms with van der Waals surface area (Å²) in [5, 5.41) is 8.83. The van der Waals surface area contributed by atoms with E-state index in [9.17, 15) is 0 Å². The maximum atomic E-state index is 8.83. The number of nitriles is 1. The maximum Gasteiger partial charge on any atom is 0.137 e. The molecule has 1 aromatic rings. The standard InChI is InChI=1S/C12H16N2O/c1-3-14(2)8-9-15-12-7-5-4-6-11(12)10-13/h4-7H,3,8-9H2,1-2H3. The Morgan fingerprint density at radius 1 is 1.40 bits per heavy atom. The minimum absolute atomic E-state index is 0.594. The summed E-state index contributed by atoms with van der Waals surface area (Å²) in [6.45, 7) is 4.59. The molecule has 3 nitrogen and oxygen atoms in total. The fourth-order valence-corrected chi connectivity index (χ4v) is 1.15. The van der Waals surface area contributed by atoms with Crippen LogP contribution in [0.3, 0.4) is 0 Å². The molecule has 1 rings (SSSR count). The molecule has 0 spiro atoms. The molecule has 0 saturated carbocycles. The SMILES string of the molecule is CCN(C)CCOc1ccccc1C#N. The van der Waals surface area contributed by atoms with Crippen LogP contribution in [0.4, 0.5) is 0 Å². The first-order valence-corrected chi connectivity index (χ1v) is 5.08. The van der Waals surface area contributed by atoms with Crippen molar-refractivity contribution >= 4 is 0 Å². The normalized spacial score (nSPS) is 10.0. The van der Waals surface area contributed by atoms with Crippen LogP contribution in [-0.4, -0.2) is 31.6 Å². The number of ether oxygens (including phenoxy) is 1. The Labute approximate surface area is 90.9 Å². The Balaban J connectivity index is 2.47. The molecule has 0 atom stereocenters. The van der Waals surface area contributed by atoms with Crippen LogP contribution in [0, 0.1) is 11.3 Å². The van der Waals surface area contributed by atoms with Crippen molar-refractivity contribution in [2.45, 2.75) is 6.92 Å². The molecule has 15 heavy (non-hydrogen) atoms. The van der Waals surface area contributed by atoms with E-state index in [1.807, 2.05) is 25.2 Å². The Bertz CT molecular complexity index is 344. The topological polar surface area (TPSA) is 36.3 Å². The van der Waals surface area contributed by atoms with E-state index in [0.29, 0.717) is 17.9 Å². The summed E-state index contributed by atoms with van der Waals surface area (Å²) in [4.78, 5) is 2.16. The van der Waals surface area contributed by atoms with Crippen LogP contribution >= 0.6 is 0 Å². The average molecular weight is 204 g/mol. The molecule has 0 aliphatic carbocycles. The first-order chi connectivity index (χ1) is 7.27. The molecular formula is C12H16N2O. The minimum Gasteiger partial charge on any atom is -0.491 e. The Morgan fingerprint density at radius 2 is 2.13 bits per heavy atom. The van der Waals surface area contributed by atoms with Crippen molar-refractivity contribution in [3.8, 4) is 11.8 Å². The molecule has 80 valence electrons. The van der Waals surface area contributed by atoms with Gasteiger partial charge >= 0.3 is 0 Å². The van der Waals surface area contributed by atoms with Gasteiger partial charge in [-0.15, -0.1) is 0 Å². The van der Waals surface area contributed by atoms with Gasteiger partial charge in [0.2, 0.25) is 0 Å². The summed E-state index contributed by atoms with van der Waals surface area (Å²) in [5.74, 6) is 0.671. The third-order valence-electron chi connectivity index (χ3n) is 2.28. The lowest BCUT2D eigenvalue weighted by molar-refractivity contribution is 0.243. The second kappa shape index (κ2) is 6.05. The molecule has 0 bridgehead atoms. The number of hydrogen-bond donors (Lipinski definition) is 0. The summed E-state index contributed by atoms with van der Waals surface area (Å²) in [6.07, 6.45) is 0. The fourth-order valence-electron chi connectivity index (χ4n) is 1.15. The molecule has 0 unspecified atom stereocenters. The van der Waals surface area contributed by atoms with E-state index in [2.05, 4.69) is 17.9 Å². The van der Waals surface area contributed by atoms with E-state index in [0.717, 1.165) is 13.1 Å². The van der Waals surface area contributed by atoms with Gasteiger partial charge in [0.1, 0.15) is 18.4 Å². The van der Waals surface area contributed by atoms with E-state index in [-0.39, 0.29) is 0 Å². The van der Waals surface area contributed by atoms with E-state index < -0.39 is 0 Å². The molecule has 0 aliphatic rings. The van der Waals surface area contributed by atoms with Gasteiger partial charge in [-0.3, -0.25) is 0 Å². The Kier molecular flexibility index (Phi) is 4.65. The van der Waals surface area contributed by atoms with E-state index in [1.54, 1.807) is 6.07 Å². The number of para-hydroxylation sites is 1. The second-order valence-corrected chi connectivity index (χ2v) is 3.35. The third-order valence-corrected chi connectivity index (χ3v) is 2.28. The lowest BCUT2D eigenvalue weighted by Crippen LogP contribution is -2.23. The second-order valence-electron chi connectivity index (χ2n) is 3.35. The van der Waals surface area contributed by atoms with Gasteiger partial charge in [-0.25, -0.2) is 0 Å². The molecule has 0 N–H and O–H groups in total. The van der Waals surface area contributed by atoms with Gasteiger partial charge < -0.3 is 9.64 Å². The first-order valence-electron chi connectivity index (χ1n) is 5.08. The molecule has 3 heteroatoms. The molecule has 0 aliphatic heterocycles. The summed E-state index contributed by atoms with van der Waals surface area (Å²) < 4.78 is 5.54. The number of hydrogen-bond acceptors (Lipinski definition) is 3. The van der Waals surface area contributed by atoms with Crippen LogP contribution in [0.2, 0.25) is 0 Å². The van der Waals surface area contributed by atoms with Crippen LogP contribution in [0.15, 0.2) is 24.3 Å². The highest BCUT2D eigenvalue weighted by atomic mass is 16.5. The molecule has 0 aromatic heterocycles. The zero-order chi connectivity index (χ0) is 11.1. The van der Waals surface area contributed by atoms with Crippen molar-refractivity contribution < 1.29 is 4.74 Å². The molecule has 0 radical (unpaired) electrons. The Hall–Kier alpha value is -1.53. The van der Waals surface area contributed by atoms with Crippen LogP contribution in [0.1, 0.15) is 12.5 Å². The van der Waals surface area contributed by atoms with Gasteiger partial charge in [0.25, 0.3) is 0 Å².